The highest BCUT2D eigenvalue weighted by Gasteiger charge is 2.15. The maximum absolute atomic E-state index is 11.9. The van der Waals surface area contributed by atoms with Crippen molar-refractivity contribution in [3.8, 4) is 0 Å². The Morgan fingerprint density at radius 2 is 2.20 bits per heavy atom. The predicted octanol–water partition coefficient (Wildman–Crippen LogP) is 1.57. The Hall–Kier alpha value is -1.27. The molecule has 2 N–H and O–H groups in total. The molecule has 1 unspecified atom stereocenters. The van der Waals surface area contributed by atoms with Crippen molar-refractivity contribution in [2.24, 2.45) is 4.99 Å². The van der Waals surface area contributed by atoms with Gasteiger partial charge in [0.15, 0.2) is 15.8 Å². The second-order valence-electron chi connectivity index (χ2n) is 4.79. The Balaban J connectivity index is 2.13. The number of nitrogens with zero attached hydrogens (tertiary/aromatic N) is 1. The molecule has 2 rings (SSSR count). The van der Waals surface area contributed by atoms with E-state index in [1.54, 1.807) is 19.1 Å². The molecule has 110 valence electrons. The SMILES string of the molecule is CCS(=O)(=O)c1cc(Cl)cc(CNC2=NCC(C)N2)c1. The lowest BCUT2D eigenvalue weighted by Gasteiger charge is -2.10. The fourth-order valence-corrected chi connectivity index (χ4v) is 3.21. The highest BCUT2D eigenvalue weighted by atomic mass is 35.5. The zero-order valence-electron chi connectivity index (χ0n) is 11.5. The van der Waals surface area contributed by atoms with Crippen LogP contribution in [0.15, 0.2) is 28.1 Å². The Kier molecular flexibility index (Phi) is 4.55. The fourth-order valence-electron chi connectivity index (χ4n) is 1.91. The zero-order valence-corrected chi connectivity index (χ0v) is 13.1. The smallest absolute Gasteiger partial charge is 0.191 e. The number of hydrogen-bond donors (Lipinski definition) is 2. The van der Waals surface area contributed by atoms with Gasteiger partial charge in [-0.05, 0) is 30.7 Å². The van der Waals surface area contributed by atoms with Gasteiger partial charge in [0.2, 0.25) is 0 Å². The molecular formula is C13H18ClN3O2S. The normalized spacial score (nSPS) is 18.6. The van der Waals surface area contributed by atoms with Crippen molar-refractivity contribution in [2.75, 3.05) is 12.3 Å². The first-order chi connectivity index (χ1) is 9.40. The molecule has 1 atom stereocenters. The largest absolute Gasteiger partial charge is 0.352 e. The van der Waals surface area contributed by atoms with Crippen molar-refractivity contribution in [1.82, 2.24) is 10.6 Å². The number of nitrogens with one attached hydrogen (secondary N) is 2. The molecule has 5 nitrogen and oxygen atoms in total. The quantitative estimate of drug-likeness (QED) is 0.885. The summed E-state index contributed by atoms with van der Waals surface area (Å²) in [6.07, 6.45) is 0. The first-order valence-electron chi connectivity index (χ1n) is 6.48. The van der Waals surface area contributed by atoms with E-state index in [9.17, 15) is 8.42 Å². The first kappa shape index (κ1) is 15.1. The van der Waals surface area contributed by atoms with E-state index in [1.807, 2.05) is 6.92 Å². The molecule has 0 amide bonds. The first-order valence-corrected chi connectivity index (χ1v) is 8.51. The lowest BCUT2D eigenvalue weighted by molar-refractivity contribution is 0.597. The maximum Gasteiger partial charge on any atom is 0.191 e. The average molecular weight is 316 g/mol. The lowest BCUT2D eigenvalue weighted by atomic mass is 10.2. The third kappa shape index (κ3) is 3.64. The molecule has 20 heavy (non-hydrogen) atoms. The van der Waals surface area contributed by atoms with Crippen molar-refractivity contribution >= 4 is 27.4 Å². The van der Waals surface area contributed by atoms with E-state index >= 15 is 0 Å². The van der Waals surface area contributed by atoms with E-state index in [0.29, 0.717) is 17.6 Å². The molecule has 1 aromatic rings. The van der Waals surface area contributed by atoms with Gasteiger partial charge in [0.25, 0.3) is 0 Å². The van der Waals surface area contributed by atoms with Crippen LogP contribution in [0, 0.1) is 0 Å². The van der Waals surface area contributed by atoms with E-state index in [4.69, 9.17) is 11.6 Å². The average Bonchev–Trinajstić information content (AvgIpc) is 2.81. The van der Waals surface area contributed by atoms with Crippen LogP contribution in [0.4, 0.5) is 0 Å². The van der Waals surface area contributed by atoms with E-state index in [1.165, 1.54) is 6.07 Å². The summed E-state index contributed by atoms with van der Waals surface area (Å²) in [4.78, 5) is 4.55. The minimum atomic E-state index is -3.25. The number of rotatable bonds is 4. The van der Waals surface area contributed by atoms with Crippen molar-refractivity contribution in [1.29, 1.82) is 0 Å². The van der Waals surface area contributed by atoms with E-state index in [2.05, 4.69) is 15.6 Å². The number of guanidine groups is 1. The van der Waals surface area contributed by atoms with Gasteiger partial charge in [-0.1, -0.05) is 18.5 Å². The topological polar surface area (TPSA) is 70.6 Å². The van der Waals surface area contributed by atoms with Gasteiger partial charge in [0.1, 0.15) is 0 Å². The van der Waals surface area contributed by atoms with E-state index < -0.39 is 9.84 Å². The third-order valence-corrected chi connectivity index (χ3v) is 4.97. The van der Waals surface area contributed by atoms with E-state index in [0.717, 1.165) is 18.1 Å². The molecular weight excluding hydrogens is 298 g/mol. The number of halogens is 1. The van der Waals surface area contributed by atoms with Gasteiger partial charge >= 0.3 is 0 Å². The van der Waals surface area contributed by atoms with Gasteiger partial charge in [-0.2, -0.15) is 0 Å². The number of hydrogen-bond acceptors (Lipinski definition) is 5. The molecule has 0 radical (unpaired) electrons. The summed E-state index contributed by atoms with van der Waals surface area (Å²) in [7, 11) is -3.25. The minimum Gasteiger partial charge on any atom is -0.352 e. The van der Waals surface area contributed by atoms with Crippen LogP contribution in [-0.2, 0) is 16.4 Å². The van der Waals surface area contributed by atoms with Gasteiger partial charge in [-0.25, -0.2) is 8.42 Å². The maximum atomic E-state index is 11.9. The molecule has 1 heterocycles. The zero-order chi connectivity index (χ0) is 14.8. The molecule has 0 saturated heterocycles. The lowest BCUT2D eigenvalue weighted by Crippen LogP contribution is -2.37. The Morgan fingerprint density at radius 1 is 1.45 bits per heavy atom. The number of sulfone groups is 1. The van der Waals surface area contributed by atoms with Crippen molar-refractivity contribution in [3.63, 3.8) is 0 Å². The van der Waals surface area contributed by atoms with Gasteiger partial charge in [0.05, 0.1) is 17.2 Å². The second kappa shape index (κ2) is 6.01. The number of aliphatic imine (C=N–C) groups is 1. The second-order valence-corrected chi connectivity index (χ2v) is 7.50. The Bertz CT molecular complexity index is 629. The van der Waals surface area contributed by atoms with Crippen LogP contribution in [0.5, 0.6) is 0 Å². The van der Waals surface area contributed by atoms with Gasteiger partial charge in [-0.3, -0.25) is 4.99 Å². The Labute approximate surface area is 124 Å². The molecule has 0 aromatic heterocycles. The van der Waals surface area contributed by atoms with Crippen LogP contribution in [0.2, 0.25) is 5.02 Å². The van der Waals surface area contributed by atoms with Crippen LogP contribution in [0.25, 0.3) is 0 Å². The summed E-state index contributed by atoms with van der Waals surface area (Å²) < 4.78 is 23.8. The molecule has 0 aliphatic carbocycles. The minimum absolute atomic E-state index is 0.0615. The van der Waals surface area contributed by atoms with Crippen molar-refractivity contribution < 1.29 is 8.42 Å². The summed E-state index contributed by atoms with van der Waals surface area (Å²) in [6.45, 7) is 4.88. The predicted molar refractivity (Wildman–Crippen MR) is 80.9 cm³/mol. The van der Waals surface area contributed by atoms with Crippen LogP contribution in [0.1, 0.15) is 19.4 Å². The highest BCUT2D eigenvalue weighted by molar-refractivity contribution is 7.91. The summed E-state index contributed by atoms with van der Waals surface area (Å²) in [5.74, 6) is 0.795. The fraction of sp³-hybridized carbons (Fsp3) is 0.462. The van der Waals surface area contributed by atoms with Crippen LogP contribution < -0.4 is 10.6 Å². The monoisotopic (exact) mass is 315 g/mol. The molecule has 1 aromatic carbocycles. The van der Waals surface area contributed by atoms with Crippen molar-refractivity contribution in [3.05, 3.63) is 28.8 Å². The molecule has 1 aliphatic rings. The molecule has 0 bridgehead atoms. The van der Waals surface area contributed by atoms with Crippen molar-refractivity contribution in [2.45, 2.75) is 31.3 Å². The molecule has 0 spiro atoms. The van der Waals surface area contributed by atoms with Crippen LogP contribution in [0.3, 0.4) is 0 Å². The van der Waals surface area contributed by atoms with Gasteiger partial charge in [-0.15, -0.1) is 0 Å². The molecule has 0 fully saturated rings. The summed E-state index contributed by atoms with van der Waals surface area (Å²) in [5.41, 5.74) is 0.813. The summed E-state index contributed by atoms with van der Waals surface area (Å²) in [5, 5.41) is 6.74. The summed E-state index contributed by atoms with van der Waals surface area (Å²) >= 11 is 5.99. The van der Waals surface area contributed by atoms with Gasteiger partial charge in [0, 0.05) is 17.6 Å². The molecule has 1 aliphatic heterocycles. The standard InChI is InChI=1S/C13H18ClN3O2S/c1-3-20(18,19)12-5-10(4-11(14)6-12)8-16-13-15-7-9(2)17-13/h4-6,9H,3,7-8H2,1-2H3,(H2,15,16,17). The van der Waals surface area contributed by atoms with Gasteiger partial charge < -0.3 is 10.6 Å². The van der Waals surface area contributed by atoms with Crippen LogP contribution in [-0.4, -0.2) is 32.7 Å². The molecule has 7 heteroatoms. The highest BCUT2D eigenvalue weighted by Crippen LogP contribution is 2.20. The third-order valence-electron chi connectivity index (χ3n) is 3.04. The summed E-state index contributed by atoms with van der Waals surface area (Å²) in [6, 6.07) is 5.21. The Morgan fingerprint density at radius 3 is 2.80 bits per heavy atom. The van der Waals surface area contributed by atoms with E-state index in [-0.39, 0.29) is 10.6 Å². The number of benzene rings is 1. The molecule has 0 saturated carbocycles. The van der Waals surface area contributed by atoms with Crippen LogP contribution >= 0.6 is 11.6 Å².